The number of amides is 1. The Kier molecular flexibility index (Phi) is 5.26. The van der Waals surface area contributed by atoms with Crippen LogP contribution in [0.1, 0.15) is 65.2 Å². The van der Waals surface area contributed by atoms with Gasteiger partial charge in [-0.2, -0.15) is 0 Å². The second kappa shape index (κ2) is 6.74. The van der Waals surface area contributed by atoms with Crippen LogP contribution < -0.4 is 5.73 Å². The molecule has 0 aromatic carbocycles. The summed E-state index contributed by atoms with van der Waals surface area (Å²) in [5, 5.41) is 0. The van der Waals surface area contributed by atoms with Gasteiger partial charge in [0.1, 0.15) is 0 Å². The van der Waals surface area contributed by atoms with Gasteiger partial charge in [-0.05, 0) is 38.0 Å². The van der Waals surface area contributed by atoms with Gasteiger partial charge in [0.15, 0.2) is 0 Å². The minimum absolute atomic E-state index is 0.0713. The van der Waals surface area contributed by atoms with E-state index in [1.54, 1.807) is 0 Å². The van der Waals surface area contributed by atoms with Crippen molar-refractivity contribution in [1.29, 1.82) is 0 Å². The summed E-state index contributed by atoms with van der Waals surface area (Å²) in [6, 6.07) is 0.529. The molecule has 3 heteroatoms. The van der Waals surface area contributed by atoms with E-state index in [1.165, 1.54) is 32.1 Å². The van der Waals surface area contributed by atoms with Crippen LogP contribution in [0.4, 0.5) is 0 Å². The monoisotopic (exact) mass is 266 g/mol. The Morgan fingerprint density at radius 3 is 2.68 bits per heavy atom. The van der Waals surface area contributed by atoms with Gasteiger partial charge >= 0.3 is 0 Å². The summed E-state index contributed by atoms with van der Waals surface area (Å²) in [5.74, 6) is 0.929. The van der Waals surface area contributed by atoms with Crippen LogP contribution in [-0.2, 0) is 4.79 Å². The highest BCUT2D eigenvalue weighted by Crippen LogP contribution is 2.31. The normalized spacial score (nSPS) is 36.9. The van der Waals surface area contributed by atoms with Crippen molar-refractivity contribution in [2.75, 3.05) is 6.54 Å². The maximum absolute atomic E-state index is 12.9. The lowest BCUT2D eigenvalue weighted by atomic mass is 9.77. The topological polar surface area (TPSA) is 46.3 Å². The van der Waals surface area contributed by atoms with Crippen LogP contribution in [0, 0.1) is 11.8 Å². The first kappa shape index (κ1) is 14.8. The van der Waals surface area contributed by atoms with Crippen LogP contribution >= 0.6 is 0 Å². The van der Waals surface area contributed by atoms with E-state index in [1.807, 2.05) is 0 Å². The lowest BCUT2D eigenvalue weighted by Crippen LogP contribution is -2.51. The van der Waals surface area contributed by atoms with Crippen molar-refractivity contribution >= 4 is 5.91 Å². The molecule has 2 N–H and O–H groups in total. The maximum Gasteiger partial charge on any atom is 0.227 e. The van der Waals surface area contributed by atoms with E-state index >= 15 is 0 Å². The molecular formula is C16H30N2O. The second-order valence-corrected chi connectivity index (χ2v) is 6.54. The molecule has 110 valence electrons. The Bertz CT molecular complexity index is 305. The number of likely N-dealkylation sites (tertiary alicyclic amines) is 1. The Labute approximate surface area is 117 Å². The van der Waals surface area contributed by atoms with Gasteiger partial charge in [0, 0.05) is 18.6 Å². The van der Waals surface area contributed by atoms with E-state index in [4.69, 9.17) is 5.73 Å². The van der Waals surface area contributed by atoms with Crippen LogP contribution in [0.5, 0.6) is 0 Å². The molecule has 1 heterocycles. The minimum Gasteiger partial charge on any atom is -0.339 e. The van der Waals surface area contributed by atoms with Gasteiger partial charge in [0.25, 0.3) is 0 Å². The second-order valence-electron chi connectivity index (χ2n) is 6.54. The molecule has 0 bridgehead atoms. The largest absolute Gasteiger partial charge is 0.339 e. The van der Waals surface area contributed by atoms with Gasteiger partial charge in [-0.25, -0.2) is 0 Å². The highest BCUT2D eigenvalue weighted by Gasteiger charge is 2.37. The average molecular weight is 266 g/mol. The number of carbonyl (C=O) groups excluding carboxylic acids is 1. The number of nitrogens with two attached hydrogens (primary N) is 1. The summed E-state index contributed by atoms with van der Waals surface area (Å²) in [7, 11) is 0. The molecule has 1 saturated carbocycles. The number of carbonyl (C=O) groups is 1. The lowest BCUT2D eigenvalue weighted by Gasteiger charge is -2.38. The first-order chi connectivity index (χ1) is 9.15. The van der Waals surface area contributed by atoms with Gasteiger partial charge in [0.05, 0.1) is 5.92 Å². The van der Waals surface area contributed by atoms with E-state index in [-0.39, 0.29) is 12.0 Å². The predicted octanol–water partition coefficient (Wildman–Crippen LogP) is 2.93. The van der Waals surface area contributed by atoms with Crippen molar-refractivity contribution in [2.45, 2.75) is 77.3 Å². The summed E-state index contributed by atoms with van der Waals surface area (Å²) in [6.45, 7) is 5.36. The first-order valence-corrected chi connectivity index (χ1v) is 8.21. The molecule has 2 aliphatic rings. The fraction of sp³-hybridized carbons (Fsp3) is 0.938. The van der Waals surface area contributed by atoms with Gasteiger partial charge in [0.2, 0.25) is 5.91 Å². The Balaban J connectivity index is 2.07. The molecule has 1 aliphatic carbocycles. The van der Waals surface area contributed by atoms with Crippen LogP contribution in [0.3, 0.4) is 0 Å². The highest BCUT2D eigenvalue weighted by molar-refractivity contribution is 5.80. The quantitative estimate of drug-likeness (QED) is 0.835. The van der Waals surface area contributed by atoms with Crippen molar-refractivity contribution in [3.8, 4) is 0 Å². The first-order valence-electron chi connectivity index (χ1n) is 8.21. The molecule has 0 spiro atoms. The highest BCUT2D eigenvalue weighted by atomic mass is 16.2. The third-order valence-corrected chi connectivity index (χ3v) is 5.24. The summed E-state index contributed by atoms with van der Waals surface area (Å²) in [5.41, 5.74) is 6.31. The van der Waals surface area contributed by atoms with Crippen LogP contribution in [0.25, 0.3) is 0 Å². The van der Waals surface area contributed by atoms with E-state index in [0.29, 0.717) is 17.9 Å². The Hall–Kier alpha value is -0.570. The molecule has 2 rings (SSSR count). The van der Waals surface area contributed by atoms with Crippen molar-refractivity contribution in [3.63, 3.8) is 0 Å². The van der Waals surface area contributed by atoms with Crippen LogP contribution in [0.15, 0.2) is 0 Å². The molecule has 1 aliphatic heterocycles. The summed E-state index contributed by atoms with van der Waals surface area (Å²) in [6.07, 6.45) is 9.32. The maximum atomic E-state index is 12.9. The molecule has 4 atom stereocenters. The molecule has 0 aromatic heterocycles. The Morgan fingerprint density at radius 2 is 1.95 bits per heavy atom. The fourth-order valence-corrected chi connectivity index (χ4v) is 3.83. The van der Waals surface area contributed by atoms with E-state index in [9.17, 15) is 4.79 Å². The van der Waals surface area contributed by atoms with Crippen molar-refractivity contribution in [1.82, 2.24) is 4.90 Å². The zero-order valence-corrected chi connectivity index (χ0v) is 12.6. The summed E-state index contributed by atoms with van der Waals surface area (Å²) < 4.78 is 0. The SMILES string of the molecule is CCC1CCCCCN1C(=O)C1CCCC(C)C1N. The van der Waals surface area contributed by atoms with E-state index in [2.05, 4.69) is 18.7 Å². The van der Waals surface area contributed by atoms with Crippen molar-refractivity contribution in [3.05, 3.63) is 0 Å². The molecule has 1 saturated heterocycles. The minimum atomic E-state index is 0.0713. The number of hydrogen-bond acceptors (Lipinski definition) is 2. The van der Waals surface area contributed by atoms with E-state index < -0.39 is 0 Å². The molecular weight excluding hydrogens is 236 g/mol. The van der Waals surface area contributed by atoms with Gasteiger partial charge in [-0.1, -0.05) is 33.1 Å². The molecule has 3 nitrogen and oxygen atoms in total. The smallest absolute Gasteiger partial charge is 0.227 e. The van der Waals surface area contributed by atoms with Gasteiger partial charge < -0.3 is 10.6 Å². The molecule has 0 radical (unpaired) electrons. The molecule has 4 unspecified atom stereocenters. The van der Waals surface area contributed by atoms with Crippen LogP contribution in [0.2, 0.25) is 0 Å². The molecule has 1 amide bonds. The van der Waals surface area contributed by atoms with E-state index in [0.717, 1.165) is 25.8 Å². The summed E-state index contributed by atoms with van der Waals surface area (Å²) in [4.78, 5) is 15.1. The fourth-order valence-electron chi connectivity index (χ4n) is 3.83. The average Bonchev–Trinajstić information content (AvgIpc) is 2.66. The van der Waals surface area contributed by atoms with Crippen molar-refractivity contribution < 1.29 is 4.79 Å². The third-order valence-electron chi connectivity index (χ3n) is 5.24. The van der Waals surface area contributed by atoms with Crippen molar-refractivity contribution in [2.24, 2.45) is 17.6 Å². The number of rotatable bonds is 2. The Morgan fingerprint density at radius 1 is 1.16 bits per heavy atom. The standard InChI is InChI=1S/C16H30N2O/c1-3-13-9-5-4-6-11-18(13)16(19)14-10-7-8-12(2)15(14)17/h12-15H,3-11,17H2,1-2H3. The van der Waals surface area contributed by atoms with Gasteiger partial charge in [-0.15, -0.1) is 0 Å². The number of hydrogen-bond donors (Lipinski definition) is 1. The zero-order chi connectivity index (χ0) is 13.8. The lowest BCUT2D eigenvalue weighted by molar-refractivity contribution is -0.140. The predicted molar refractivity (Wildman–Crippen MR) is 78.7 cm³/mol. The van der Waals surface area contributed by atoms with Crippen LogP contribution in [-0.4, -0.2) is 29.4 Å². The molecule has 19 heavy (non-hydrogen) atoms. The van der Waals surface area contributed by atoms with Gasteiger partial charge in [-0.3, -0.25) is 4.79 Å². The summed E-state index contributed by atoms with van der Waals surface area (Å²) >= 11 is 0. The number of nitrogens with zero attached hydrogens (tertiary/aromatic N) is 1. The molecule has 2 fully saturated rings. The zero-order valence-electron chi connectivity index (χ0n) is 12.6. The molecule has 0 aromatic rings. The third kappa shape index (κ3) is 3.31.